The lowest BCUT2D eigenvalue weighted by Gasteiger charge is -2.29. The van der Waals surface area contributed by atoms with E-state index in [-0.39, 0.29) is 18.3 Å². The Bertz CT molecular complexity index is 494. The fourth-order valence-corrected chi connectivity index (χ4v) is 4.24. The van der Waals surface area contributed by atoms with Gasteiger partial charge >= 0.3 is 0 Å². The number of halogens is 1. The molecule has 1 aromatic rings. The fraction of sp³-hybridized carbons (Fsp3) is 0.588. The lowest BCUT2D eigenvalue weighted by molar-refractivity contribution is 0.0924. The lowest BCUT2D eigenvalue weighted by Crippen LogP contribution is -2.48. The third-order valence-corrected chi connectivity index (χ3v) is 5.31. The summed E-state index contributed by atoms with van der Waals surface area (Å²) in [7, 11) is 0. The lowest BCUT2D eigenvalue weighted by atomic mass is 9.99. The molecule has 22 heavy (non-hydrogen) atoms. The van der Waals surface area contributed by atoms with Gasteiger partial charge in [-0.25, -0.2) is 0 Å². The molecule has 3 rings (SSSR count). The maximum Gasteiger partial charge on any atom is 0.251 e. The first-order valence-electron chi connectivity index (χ1n) is 7.94. The van der Waals surface area contributed by atoms with Crippen molar-refractivity contribution in [2.75, 3.05) is 0 Å². The van der Waals surface area contributed by atoms with E-state index in [2.05, 4.69) is 24.5 Å². The number of carbonyl (C=O) groups is 1. The van der Waals surface area contributed by atoms with E-state index in [1.807, 2.05) is 36.0 Å². The quantitative estimate of drug-likeness (QED) is 0.822. The van der Waals surface area contributed by atoms with Crippen LogP contribution in [-0.4, -0.2) is 29.3 Å². The van der Waals surface area contributed by atoms with Crippen LogP contribution in [0.4, 0.5) is 0 Å². The van der Waals surface area contributed by atoms with E-state index >= 15 is 0 Å². The number of fused-ring (bicyclic) bond motifs is 2. The van der Waals surface area contributed by atoms with Gasteiger partial charge in [-0.3, -0.25) is 4.79 Å². The second kappa shape index (κ2) is 7.71. The highest BCUT2D eigenvalue weighted by molar-refractivity contribution is 7.99. The molecule has 2 bridgehead atoms. The average molecular weight is 341 g/mol. The zero-order valence-corrected chi connectivity index (χ0v) is 14.8. The molecule has 3 nitrogen and oxygen atoms in total. The second-order valence-electron chi connectivity index (χ2n) is 6.47. The number of thioether (sulfide) groups is 1. The summed E-state index contributed by atoms with van der Waals surface area (Å²) in [6, 6.07) is 9.53. The molecule has 122 valence electrons. The summed E-state index contributed by atoms with van der Waals surface area (Å²) in [5.41, 5.74) is 0.772. The van der Waals surface area contributed by atoms with Crippen molar-refractivity contribution in [1.29, 1.82) is 0 Å². The maximum atomic E-state index is 12.3. The van der Waals surface area contributed by atoms with Crippen molar-refractivity contribution in [1.82, 2.24) is 10.6 Å². The number of carbonyl (C=O) groups excluding carboxylic acids is 1. The highest BCUT2D eigenvalue weighted by atomic mass is 35.5. The predicted octanol–water partition coefficient (Wildman–Crippen LogP) is 3.62. The summed E-state index contributed by atoms with van der Waals surface area (Å²) in [6.07, 6.45) is 4.67. The molecule has 0 aliphatic carbocycles. The molecule has 0 radical (unpaired) electrons. The number of benzene rings is 1. The molecule has 1 aromatic carbocycles. The molecule has 1 amide bonds. The Morgan fingerprint density at radius 3 is 2.32 bits per heavy atom. The van der Waals surface area contributed by atoms with E-state index in [1.165, 1.54) is 17.7 Å². The van der Waals surface area contributed by atoms with Crippen LogP contribution in [-0.2, 0) is 0 Å². The van der Waals surface area contributed by atoms with Crippen LogP contribution in [0.25, 0.3) is 0 Å². The third kappa shape index (κ3) is 4.40. The maximum absolute atomic E-state index is 12.3. The third-order valence-electron chi connectivity index (χ3n) is 4.30. The van der Waals surface area contributed by atoms with Crippen LogP contribution in [0.15, 0.2) is 29.2 Å². The van der Waals surface area contributed by atoms with Crippen molar-refractivity contribution in [3.63, 3.8) is 0 Å². The van der Waals surface area contributed by atoms with E-state index < -0.39 is 0 Å². The van der Waals surface area contributed by atoms with Crippen LogP contribution >= 0.6 is 24.2 Å². The Hall–Kier alpha value is -0.710. The van der Waals surface area contributed by atoms with Gasteiger partial charge < -0.3 is 10.6 Å². The Kier molecular flexibility index (Phi) is 6.18. The van der Waals surface area contributed by atoms with Crippen molar-refractivity contribution < 1.29 is 4.79 Å². The van der Waals surface area contributed by atoms with Crippen molar-refractivity contribution in [3.8, 4) is 0 Å². The van der Waals surface area contributed by atoms with E-state index in [0.717, 1.165) is 18.4 Å². The number of nitrogens with one attached hydrogen (secondary N) is 2. The minimum atomic E-state index is 0. The molecule has 2 unspecified atom stereocenters. The standard InChI is InChI=1S/C17H24N2OS.ClH/c1-11(2)21-16-7-3-12(4-8-16)17(20)19-15-9-13-5-6-14(10-15)18-13;/h3-4,7-8,11,13-15,18H,5-6,9-10H2,1-2H3,(H,19,20);1H. The van der Waals surface area contributed by atoms with Gasteiger partial charge in [0.25, 0.3) is 5.91 Å². The highest BCUT2D eigenvalue weighted by Crippen LogP contribution is 2.27. The number of hydrogen-bond acceptors (Lipinski definition) is 3. The summed E-state index contributed by atoms with van der Waals surface area (Å²) in [6.45, 7) is 4.35. The molecular formula is C17H25ClN2OS. The van der Waals surface area contributed by atoms with Crippen LogP contribution in [0.5, 0.6) is 0 Å². The monoisotopic (exact) mass is 340 g/mol. The summed E-state index contributed by atoms with van der Waals surface area (Å²) in [5, 5.41) is 7.38. The predicted molar refractivity (Wildman–Crippen MR) is 95.1 cm³/mol. The summed E-state index contributed by atoms with van der Waals surface area (Å²) < 4.78 is 0. The van der Waals surface area contributed by atoms with E-state index in [0.29, 0.717) is 23.4 Å². The van der Waals surface area contributed by atoms with Crippen molar-refractivity contribution in [3.05, 3.63) is 29.8 Å². The molecule has 2 atom stereocenters. The van der Waals surface area contributed by atoms with E-state index in [1.54, 1.807) is 0 Å². The smallest absolute Gasteiger partial charge is 0.251 e. The van der Waals surface area contributed by atoms with Gasteiger partial charge in [0.05, 0.1) is 0 Å². The first-order valence-corrected chi connectivity index (χ1v) is 8.82. The molecule has 0 saturated carbocycles. The van der Waals surface area contributed by atoms with E-state index in [4.69, 9.17) is 0 Å². The van der Waals surface area contributed by atoms with Gasteiger partial charge in [-0.2, -0.15) is 0 Å². The van der Waals surface area contributed by atoms with Gasteiger partial charge in [0.1, 0.15) is 0 Å². The zero-order chi connectivity index (χ0) is 14.8. The van der Waals surface area contributed by atoms with Gasteiger partial charge in [0.15, 0.2) is 0 Å². The van der Waals surface area contributed by atoms with Crippen LogP contribution in [0.1, 0.15) is 49.9 Å². The topological polar surface area (TPSA) is 41.1 Å². The minimum Gasteiger partial charge on any atom is -0.349 e. The first kappa shape index (κ1) is 17.6. The van der Waals surface area contributed by atoms with Crippen LogP contribution in [0, 0.1) is 0 Å². The van der Waals surface area contributed by atoms with Gasteiger partial charge in [-0.1, -0.05) is 13.8 Å². The zero-order valence-electron chi connectivity index (χ0n) is 13.2. The Labute approximate surface area is 143 Å². The van der Waals surface area contributed by atoms with Gasteiger partial charge in [-0.15, -0.1) is 24.2 Å². The van der Waals surface area contributed by atoms with Crippen LogP contribution < -0.4 is 10.6 Å². The molecule has 0 spiro atoms. The second-order valence-corrected chi connectivity index (χ2v) is 8.12. The normalized spacial score (nSPS) is 26.6. The molecule has 2 N–H and O–H groups in total. The summed E-state index contributed by atoms with van der Waals surface area (Å²) in [4.78, 5) is 13.6. The fourth-order valence-electron chi connectivity index (χ4n) is 3.40. The van der Waals surface area contributed by atoms with Gasteiger partial charge in [-0.05, 0) is 49.9 Å². The summed E-state index contributed by atoms with van der Waals surface area (Å²) in [5.74, 6) is 0.0717. The molecule has 5 heteroatoms. The molecule has 2 fully saturated rings. The molecule has 2 aliphatic heterocycles. The molecule has 2 saturated heterocycles. The highest BCUT2D eigenvalue weighted by Gasteiger charge is 2.34. The number of rotatable bonds is 4. The van der Waals surface area contributed by atoms with Gasteiger partial charge in [0.2, 0.25) is 0 Å². The van der Waals surface area contributed by atoms with E-state index in [9.17, 15) is 4.79 Å². The van der Waals surface area contributed by atoms with Crippen LogP contribution in [0.2, 0.25) is 0 Å². The Morgan fingerprint density at radius 2 is 1.77 bits per heavy atom. The molecule has 0 aromatic heterocycles. The van der Waals surface area contributed by atoms with Crippen LogP contribution in [0.3, 0.4) is 0 Å². The SMILES string of the molecule is CC(C)Sc1ccc(C(=O)NC2CC3CCC(C2)N3)cc1.Cl. The number of piperidine rings is 1. The number of amides is 1. The molecule has 2 heterocycles. The van der Waals surface area contributed by atoms with Crippen molar-refractivity contribution in [2.45, 2.75) is 67.8 Å². The Balaban J connectivity index is 0.00000176. The van der Waals surface area contributed by atoms with Crippen molar-refractivity contribution >= 4 is 30.1 Å². The number of hydrogen-bond donors (Lipinski definition) is 2. The summed E-state index contributed by atoms with van der Waals surface area (Å²) >= 11 is 1.82. The van der Waals surface area contributed by atoms with Gasteiger partial charge in [0, 0.05) is 33.8 Å². The molecular weight excluding hydrogens is 316 g/mol. The minimum absolute atomic E-state index is 0. The molecule has 2 aliphatic rings. The van der Waals surface area contributed by atoms with Crippen molar-refractivity contribution in [2.24, 2.45) is 0 Å². The average Bonchev–Trinajstić information content (AvgIpc) is 2.78. The first-order chi connectivity index (χ1) is 10.1. The largest absolute Gasteiger partial charge is 0.349 e. The Morgan fingerprint density at radius 1 is 1.18 bits per heavy atom.